The minimum atomic E-state index is 0.792. The molecule has 0 saturated carbocycles. The standard InChI is InChI=1S/C6H15P/c1-5(2)4-6(3)7/h5-6H,4,7H2,1-3H3. The zero-order valence-corrected chi connectivity index (χ0v) is 6.59. The molecule has 0 radical (unpaired) electrons. The van der Waals surface area contributed by atoms with Crippen molar-refractivity contribution in [2.75, 3.05) is 0 Å². The van der Waals surface area contributed by atoms with E-state index >= 15 is 0 Å². The lowest BCUT2D eigenvalue weighted by Crippen LogP contribution is -1.95. The van der Waals surface area contributed by atoms with Gasteiger partial charge in [0.2, 0.25) is 0 Å². The van der Waals surface area contributed by atoms with Crippen LogP contribution in [0.25, 0.3) is 0 Å². The molecule has 7 heavy (non-hydrogen) atoms. The Morgan fingerprint density at radius 2 is 1.71 bits per heavy atom. The van der Waals surface area contributed by atoms with E-state index in [1.54, 1.807) is 0 Å². The van der Waals surface area contributed by atoms with E-state index < -0.39 is 0 Å². The largest absolute Gasteiger partial charge is 0.135 e. The highest BCUT2D eigenvalue weighted by atomic mass is 31.0. The fraction of sp³-hybridized carbons (Fsp3) is 1.00. The van der Waals surface area contributed by atoms with Gasteiger partial charge in [-0.2, -0.15) is 0 Å². The van der Waals surface area contributed by atoms with E-state index in [1.165, 1.54) is 6.42 Å². The second-order valence-corrected chi connectivity index (χ2v) is 3.74. The van der Waals surface area contributed by atoms with Crippen molar-refractivity contribution in [3.05, 3.63) is 0 Å². The Morgan fingerprint density at radius 3 is 1.71 bits per heavy atom. The van der Waals surface area contributed by atoms with Crippen molar-refractivity contribution >= 4 is 9.24 Å². The summed E-state index contributed by atoms with van der Waals surface area (Å²) in [5.41, 5.74) is 0.792. The lowest BCUT2D eigenvalue weighted by molar-refractivity contribution is 0.585. The Kier molecular flexibility index (Phi) is 3.65. The summed E-state index contributed by atoms with van der Waals surface area (Å²) in [5, 5.41) is 0. The SMILES string of the molecule is CC(C)CC(C)P. The summed E-state index contributed by atoms with van der Waals surface area (Å²) in [6.07, 6.45) is 1.32. The van der Waals surface area contributed by atoms with Crippen molar-refractivity contribution in [1.82, 2.24) is 0 Å². The van der Waals surface area contributed by atoms with Gasteiger partial charge in [-0.05, 0) is 18.0 Å². The van der Waals surface area contributed by atoms with Crippen LogP contribution < -0.4 is 0 Å². The van der Waals surface area contributed by atoms with Gasteiger partial charge < -0.3 is 0 Å². The highest BCUT2D eigenvalue weighted by molar-refractivity contribution is 7.17. The molecule has 0 nitrogen and oxygen atoms in total. The first kappa shape index (κ1) is 7.43. The fourth-order valence-electron chi connectivity index (χ4n) is 0.744. The Bertz CT molecular complexity index is 33.4. The van der Waals surface area contributed by atoms with Gasteiger partial charge in [-0.1, -0.05) is 20.8 Å². The third-order valence-electron chi connectivity index (χ3n) is 0.843. The second-order valence-electron chi connectivity index (χ2n) is 2.61. The minimum absolute atomic E-state index is 0.792. The predicted molar refractivity (Wildman–Crippen MR) is 38.6 cm³/mol. The molecular weight excluding hydrogens is 103 g/mol. The molecule has 0 fully saturated rings. The molecule has 2 unspecified atom stereocenters. The monoisotopic (exact) mass is 118 g/mol. The number of hydrogen-bond donors (Lipinski definition) is 0. The number of hydrogen-bond acceptors (Lipinski definition) is 0. The fourth-order valence-corrected chi connectivity index (χ4v) is 1.29. The summed E-state index contributed by atoms with van der Waals surface area (Å²) < 4.78 is 0. The van der Waals surface area contributed by atoms with Crippen LogP contribution in [-0.4, -0.2) is 5.66 Å². The molecule has 0 spiro atoms. The van der Waals surface area contributed by atoms with E-state index in [-0.39, 0.29) is 0 Å². The summed E-state index contributed by atoms with van der Waals surface area (Å²) in [5.74, 6) is 0.854. The van der Waals surface area contributed by atoms with Crippen LogP contribution in [-0.2, 0) is 0 Å². The average Bonchev–Trinajstić information content (AvgIpc) is 1.27. The summed E-state index contributed by atoms with van der Waals surface area (Å²) >= 11 is 0. The average molecular weight is 118 g/mol. The second kappa shape index (κ2) is 3.43. The summed E-state index contributed by atoms with van der Waals surface area (Å²) in [6.45, 7) is 6.73. The molecule has 0 rings (SSSR count). The van der Waals surface area contributed by atoms with E-state index in [0.29, 0.717) is 0 Å². The molecular formula is C6H15P. The minimum Gasteiger partial charge on any atom is -0.135 e. The highest BCUT2D eigenvalue weighted by Gasteiger charge is 1.95. The molecule has 0 aliphatic rings. The van der Waals surface area contributed by atoms with E-state index in [0.717, 1.165) is 11.6 Å². The molecule has 0 saturated heterocycles. The Morgan fingerprint density at radius 1 is 1.29 bits per heavy atom. The summed E-state index contributed by atoms with van der Waals surface area (Å²) in [6, 6.07) is 0. The molecule has 0 aliphatic carbocycles. The van der Waals surface area contributed by atoms with Gasteiger partial charge >= 0.3 is 0 Å². The lowest BCUT2D eigenvalue weighted by Gasteiger charge is -2.05. The molecule has 2 atom stereocenters. The maximum Gasteiger partial charge on any atom is -0.0290 e. The van der Waals surface area contributed by atoms with Crippen LogP contribution in [0.15, 0.2) is 0 Å². The van der Waals surface area contributed by atoms with Crippen molar-refractivity contribution in [3.63, 3.8) is 0 Å². The third kappa shape index (κ3) is 6.43. The topological polar surface area (TPSA) is 0 Å². The van der Waals surface area contributed by atoms with Crippen molar-refractivity contribution < 1.29 is 0 Å². The van der Waals surface area contributed by atoms with Crippen molar-refractivity contribution in [2.45, 2.75) is 32.9 Å². The van der Waals surface area contributed by atoms with Crippen LogP contribution in [0, 0.1) is 5.92 Å². The lowest BCUT2D eigenvalue weighted by atomic mass is 10.1. The first-order chi connectivity index (χ1) is 3.13. The number of rotatable bonds is 2. The van der Waals surface area contributed by atoms with Crippen LogP contribution in [0.4, 0.5) is 0 Å². The molecule has 0 heterocycles. The van der Waals surface area contributed by atoms with Crippen LogP contribution in [0.3, 0.4) is 0 Å². The van der Waals surface area contributed by atoms with E-state index in [4.69, 9.17) is 0 Å². The molecule has 0 amide bonds. The maximum atomic E-state index is 2.80. The molecule has 0 bridgehead atoms. The molecule has 0 aromatic rings. The van der Waals surface area contributed by atoms with Crippen molar-refractivity contribution in [2.24, 2.45) is 5.92 Å². The quantitative estimate of drug-likeness (QED) is 0.488. The molecule has 1 heteroatoms. The summed E-state index contributed by atoms with van der Waals surface area (Å²) in [7, 11) is 2.80. The Balaban J connectivity index is 2.95. The van der Waals surface area contributed by atoms with Gasteiger partial charge in [0.05, 0.1) is 0 Å². The maximum absolute atomic E-state index is 2.80. The van der Waals surface area contributed by atoms with E-state index in [1.807, 2.05) is 0 Å². The van der Waals surface area contributed by atoms with Gasteiger partial charge in [-0.15, -0.1) is 9.24 Å². The van der Waals surface area contributed by atoms with Gasteiger partial charge in [0.15, 0.2) is 0 Å². The zero-order valence-electron chi connectivity index (χ0n) is 5.44. The molecule has 0 N–H and O–H groups in total. The normalized spacial score (nSPS) is 15.0. The van der Waals surface area contributed by atoms with E-state index in [9.17, 15) is 0 Å². The van der Waals surface area contributed by atoms with Crippen LogP contribution in [0.5, 0.6) is 0 Å². The third-order valence-corrected chi connectivity index (χ3v) is 1.12. The Hall–Kier alpha value is 0.430. The van der Waals surface area contributed by atoms with Gasteiger partial charge in [0.1, 0.15) is 0 Å². The van der Waals surface area contributed by atoms with Crippen molar-refractivity contribution in [3.8, 4) is 0 Å². The summed E-state index contributed by atoms with van der Waals surface area (Å²) in [4.78, 5) is 0. The molecule has 0 aromatic carbocycles. The van der Waals surface area contributed by atoms with E-state index in [2.05, 4.69) is 30.0 Å². The van der Waals surface area contributed by atoms with Crippen LogP contribution in [0.1, 0.15) is 27.2 Å². The van der Waals surface area contributed by atoms with Crippen LogP contribution >= 0.6 is 9.24 Å². The first-order valence-corrected chi connectivity index (χ1v) is 3.55. The van der Waals surface area contributed by atoms with Gasteiger partial charge in [0.25, 0.3) is 0 Å². The van der Waals surface area contributed by atoms with Gasteiger partial charge in [-0.3, -0.25) is 0 Å². The van der Waals surface area contributed by atoms with Crippen molar-refractivity contribution in [1.29, 1.82) is 0 Å². The predicted octanol–water partition coefficient (Wildman–Crippen LogP) is 2.30. The highest BCUT2D eigenvalue weighted by Crippen LogP contribution is 2.10. The first-order valence-electron chi connectivity index (χ1n) is 2.88. The Labute approximate surface area is 48.9 Å². The molecule has 44 valence electrons. The van der Waals surface area contributed by atoms with Crippen LogP contribution in [0.2, 0.25) is 0 Å². The van der Waals surface area contributed by atoms with Gasteiger partial charge in [-0.25, -0.2) is 0 Å². The van der Waals surface area contributed by atoms with Gasteiger partial charge in [0, 0.05) is 0 Å². The molecule has 0 aromatic heterocycles. The zero-order chi connectivity index (χ0) is 5.86. The molecule has 0 aliphatic heterocycles. The smallest absolute Gasteiger partial charge is 0.0290 e.